The number of hydrogen-bond acceptors (Lipinski definition) is 5. The summed E-state index contributed by atoms with van der Waals surface area (Å²) in [7, 11) is 0. The molecule has 5 nitrogen and oxygen atoms in total. The number of nitrogens with one attached hydrogen (secondary N) is 1. The molecule has 0 aromatic heterocycles. The van der Waals surface area contributed by atoms with Crippen molar-refractivity contribution in [3.63, 3.8) is 0 Å². The van der Waals surface area contributed by atoms with Crippen LogP contribution in [0.15, 0.2) is 53.6 Å². The summed E-state index contributed by atoms with van der Waals surface area (Å²) in [6.45, 7) is 4.07. The number of nitrogens with zero attached hydrogens (tertiary/aromatic N) is 4. The molecule has 0 amide bonds. The van der Waals surface area contributed by atoms with Gasteiger partial charge in [0.2, 0.25) is 5.84 Å². The second-order valence-corrected chi connectivity index (χ2v) is 4.94. The molecule has 0 aliphatic carbocycles. The van der Waals surface area contributed by atoms with E-state index in [4.69, 9.17) is 5.26 Å². The smallest absolute Gasteiger partial charge is 0.247 e. The third kappa shape index (κ3) is 2.51. The monoisotopic (exact) mass is 277 g/mol. The topological polar surface area (TPSA) is 54.7 Å². The van der Waals surface area contributed by atoms with Gasteiger partial charge in [0.1, 0.15) is 6.07 Å². The molecule has 0 saturated carbocycles. The Balaban J connectivity index is 1.98. The summed E-state index contributed by atoms with van der Waals surface area (Å²) in [5, 5.41) is 16.8. The molecule has 0 saturated heterocycles. The van der Waals surface area contributed by atoms with Crippen molar-refractivity contribution >= 4 is 17.2 Å². The Labute approximate surface area is 123 Å². The lowest BCUT2D eigenvalue weighted by Crippen LogP contribution is -2.44. The van der Waals surface area contributed by atoms with Crippen molar-refractivity contribution in [1.82, 2.24) is 5.43 Å². The minimum absolute atomic E-state index is 0.260. The molecule has 0 atom stereocenters. The summed E-state index contributed by atoms with van der Waals surface area (Å²) in [6.07, 6.45) is 0. The van der Waals surface area contributed by atoms with Gasteiger partial charge in [0.05, 0.1) is 11.4 Å². The van der Waals surface area contributed by atoms with Gasteiger partial charge in [0, 0.05) is 0 Å². The molecule has 1 aliphatic heterocycles. The van der Waals surface area contributed by atoms with Gasteiger partial charge >= 0.3 is 0 Å². The number of nitriles is 1. The van der Waals surface area contributed by atoms with Crippen LogP contribution in [0.4, 0.5) is 11.4 Å². The average molecular weight is 277 g/mol. The Morgan fingerprint density at radius 2 is 1.43 bits per heavy atom. The minimum Gasteiger partial charge on any atom is -0.250 e. The molecule has 0 radical (unpaired) electrons. The van der Waals surface area contributed by atoms with E-state index in [1.807, 2.05) is 68.4 Å². The average Bonchev–Trinajstić information content (AvgIpc) is 2.93. The highest BCUT2D eigenvalue weighted by Gasteiger charge is 2.25. The molecule has 0 bridgehead atoms. The summed E-state index contributed by atoms with van der Waals surface area (Å²) >= 11 is 0. The standard InChI is InChI=1S/C16H15N5/c1-12-3-7-14(8-4-12)20-18-16(11-17)19-21(20)15-9-5-13(2)6-10-15/h3-10H,1-2H3,(H,18,19). The summed E-state index contributed by atoms with van der Waals surface area (Å²) < 4.78 is 0. The molecular formula is C16H15N5. The van der Waals surface area contributed by atoms with Crippen LogP contribution < -0.4 is 15.7 Å². The number of hydrazone groups is 1. The molecule has 21 heavy (non-hydrogen) atoms. The molecule has 0 spiro atoms. The van der Waals surface area contributed by atoms with Crippen LogP contribution >= 0.6 is 0 Å². The first-order valence-electron chi connectivity index (χ1n) is 6.66. The molecule has 1 aliphatic rings. The van der Waals surface area contributed by atoms with E-state index in [1.54, 1.807) is 10.2 Å². The fourth-order valence-corrected chi connectivity index (χ4v) is 2.07. The Kier molecular flexibility index (Phi) is 3.20. The van der Waals surface area contributed by atoms with Crippen molar-refractivity contribution in [2.75, 3.05) is 10.2 Å². The van der Waals surface area contributed by atoms with Crippen LogP contribution in [0.2, 0.25) is 0 Å². The van der Waals surface area contributed by atoms with E-state index in [1.165, 1.54) is 11.1 Å². The van der Waals surface area contributed by atoms with Gasteiger partial charge in [0.15, 0.2) is 0 Å². The maximum atomic E-state index is 9.09. The van der Waals surface area contributed by atoms with Gasteiger partial charge in [-0.3, -0.25) is 5.43 Å². The third-order valence-electron chi connectivity index (χ3n) is 3.25. The second kappa shape index (κ2) is 5.17. The Morgan fingerprint density at radius 1 is 0.905 bits per heavy atom. The van der Waals surface area contributed by atoms with E-state index in [0.29, 0.717) is 0 Å². The Morgan fingerprint density at radius 3 is 1.95 bits per heavy atom. The summed E-state index contributed by atoms with van der Waals surface area (Å²) in [4.78, 5) is 0. The predicted molar refractivity (Wildman–Crippen MR) is 83.5 cm³/mol. The van der Waals surface area contributed by atoms with Crippen LogP contribution in [0.25, 0.3) is 0 Å². The van der Waals surface area contributed by atoms with E-state index >= 15 is 0 Å². The van der Waals surface area contributed by atoms with Gasteiger partial charge in [-0.05, 0) is 38.1 Å². The number of amidine groups is 1. The van der Waals surface area contributed by atoms with Crippen molar-refractivity contribution in [3.05, 3.63) is 59.7 Å². The first kappa shape index (κ1) is 13.0. The number of anilines is 2. The lowest BCUT2D eigenvalue weighted by Gasteiger charge is -2.27. The Bertz CT molecular complexity index is 710. The first-order valence-corrected chi connectivity index (χ1v) is 6.66. The van der Waals surface area contributed by atoms with Gasteiger partial charge < -0.3 is 0 Å². The van der Waals surface area contributed by atoms with E-state index in [0.717, 1.165) is 11.4 Å². The summed E-state index contributed by atoms with van der Waals surface area (Å²) in [6, 6.07) is 18.0. The number of rotatable bonds is 2. The summed E-state index contributed by atoms with van der Waals surface area (Å²) in [5.41, 5.74) is 7.15. The molecule has 2 aromatic rings. The number of hydrazine groups is 2. The van der Waals surface area contributed by atoms with Crippen molar-refractivity contribution < 1.29 is 0 Å². The van der Waals surface area contributed by atoms with Gasteiger partial charge in [0.25, 0.3) is 0 Å². The van der Waals surface area contributed by atoms with Gasteiger partial charge in [-0.25, -0.2) is 0 Å². The van der Waals surface area contributed by atoms with Crippen molar-refractivity contribution in [2.45, 2.75) is 13.8 Å². The normalized spacial score (nSPS) is 13.7. The van der Waals surface area contributed by atoms with Crippen LogP contribution in [0, 0.1) is 25.2 Å². The molecule has 2 aromatic carbocycles. The Hall–Kier alpha value is -3.00. The van der Waals surface area contributed by atoms with Crippen molar-refractivity contribution in [3.8, 4) is 6.07 Å². The van der Waals surface area contributed by atoms with Gasteiger partial charge in [-0.1, -0.05) is 35.4 Å². The molecule has 5 heteroatoms. The minimum atomic E-state index is 0.260. The predicted octanol–water partition coefficient (Wildman–Crippen LogP) is 2.89. The maximum Gasteiger partial charge on any atom is 0.247 e. The molecule has 0 unspecified atom stereocenters. The maximum absolute atomic E-state index is 9.09. The van der Waals surface area contributed by atoms with Crippen molar-refractivity contribution in [1.29, 1.82) is 5.26 Å². The molecule has 104 valence electrons. The number of aryl methyl sites for hydroxylation is 2. The largest absolute Gasteiger partial charge is 0.250 e. The van der Waals surface area contributed by atoms with E-state index in [-0.39, 0.29) is 5.84 Å². The summed E-state index contributed by atoms with van der Waals surface area (Å²) in [5.74, 6) is 0.260. The van der Waals surface area contributed by atoms with Crippen LogP contribution in [0.3, 0.4) is 0 Å². The van der Waals surface area contributed by atoms with Crippen LogP contribution in [0.5, 0.6) is 0 Å². The number of hydrogen-bond donors (Lipinski definition) is 1. The van der Waals surface area contributed by atoms with Crippen molar-refractivity contribution in [2.24, 2.45) is 5.10 Å². The third-order valence-corrected chi connectivity index (χ3v) is 3.25. The molecule has 1 heterocycles. The number of benzene rings is 2. The fraction of sp³-hybridized carbons (Fsp3) is 0.125. The van der Waals surface area contributed by atoms with E-state index in [9.17, 15) is 0 Å². The second-order valence-electron chi connectivity index (χ2n) is 4.94. The lowest BCUT2D eigenvalue weighted by molar-refractivity contribution is 0.771. The quantitative estimate of drug-likeness (QED) is 0.917. The van der Waals surface area contributed by atoms with Gasteiger partial charge in [-0.15, -0.1) is 5.10 Å². The first-order chi connectivity index (χ1) is 10.2. The zero-order valence-corrected chi connectivity index (χ0v) is 11.9. The molecular weight excluding hydrogens is 262 g/mol. The molecule has 0 fully saturated rings. The highest BCUT2D eigenvalue weighted by molar-refractivity contribution is 6.00. The highest BCUT2D eigenvalue weighted by atomic mass is 15.9. The SMILES string of the molecule is Cc1ccc(N2N=C(C#N)NN2c2ccc(C)cc2)cc1. The van der Waals surface area contributed by atoms with Crippen LogP contribution in [-0.2, 0) is 0 Å². The van der Waals surface area contributed by atoms with E-state index in [2.05, 4.69) is 10.5 Å². The molecule has 3 rings (SSSR count). The highest BCUT2D eigenvalue weighted by Crippen LogP contribution is 2.25. The van der Waals surface area contributed by atoms with Crippen LogP contribution in [0.1, 0.15) is 11.1 Å². The lowest BCUT2D eigenvalue weighted by atomic mass is 10.2. The van der Waals surface area contributed by atoms with Gasteiger partial charge in [-0.2, -0.15) is 15.5 Å². The fourth-order valence-electron chi connectivity index (χ4n) is 2.07. The zero-order valence-electron chi connectivity index (χ0n) is 11.9. The van der Waals surface area contributed by atoms with Crippen LogP contribution in [-0.4, -0.2) is 5.84 Å². The van der Waals surface area contributed by atoms with E-state index < -0.39 is 0 Å². The zero-order chi connectivity index (χ0) is 14.8. The molecule has 1 N–H and O–H groups in total.